The number of hydrogen-bond acceptors (Lipinski definition) is 2. The molecule has 0 atom stereocenters. The number of ether oxygens (including phenoxy) is 1. The van der Waals surface area contributed by atoms with Crippen molar-refractivity contribution in [3.8, 4) is 0 Å². The van der Waals surface area contributed by atoms with Crippen molar-refractivity contribution in [2.24, 2.45) is 0 Å². The molecule has 0 aromatic rings. The molecule has 0 rings (SSSR count). The largest absolute Gasteiger partial charge is 0.415 e. The van der Waals surface area contributed by atoms with Crippen LogP contribution in [0.4, 0.5) is 8.39 Å². The number of rotatable bonds is 6. The lowest BCUT2D eigenvalue weighted by atomic mass is 10.5. The van der Waals surface area contributed by atoms with Crippen LogP contribution in [0.25, 0.3) is 0 Å². The van der Waals surface area contributed by atoms with E-state index in [1.165, 1.54) is 0 Å². The van der Waals surface area contributed by atoms with Gasteiger partial charge in [0.15, 0.2) is 0 Å². The summed E-state index contributed by atoms with van der Waals surface area (Å²) in [6.07, 6.45) is 3.63. The molecule has 0 spiro atoms. The second-order valence-corrected chi connectivity index (χ2v) is 2.34. The van der Waals surface area contributed by atoms with E-state index in [2.05, 4.69) is 4.52 Å². The lowest BCUT2D eigenvalue weighted by Gasteiger charge is -2.00. The minimum atomic E-state index is -3.22. The first kappa shape index (κ1) is 11.0. The highest BCUT2D eigenvalue weighted by atomic mass is 31.2. The molecule has 0 saturated heterocycles. The van der Waals surface area contributed by atoms with E-state index in [-0.39, 0.29) is 13.2 Å². The Hall–Kier alpha value is -0.0500. The molecule has 0 fully saturated rings. The van der Waals surface area contributed by atoms with E-state index < -0.39 is 8.77 Å². The molecular formula is C6H11F2O2P. The molecule has 2 nitrogen and oxygen atoms in total. The number of hydrogen-bond donors (Lipinski definition) is 0. The third kappa shape index (κ3) is 9.95. The summed E-state index contributed by atoms with van der Waals surface area (Å²) in [5, 5.41) is 0. The van der Waals surface area contributed by atoms with E-state index >= 15 is 0 Å². The maximum atomic E-state index is 11.4. The standard InChI is InChI=1S/C6H11F2O2P/c1-2-3-4-9-5-6-10-11(7)8/h2-3H,4-6H2,1H3/b3-2+. The molecule has 11 heavy (non-hydrogen) atoms. The first-order chi connectivity index (χ1) is 5.27. The molecule has 0 heterocycles. The molecule has 0 aromatic carbocycles. The SMILES string of the molecule is C/C=C/COCCOP(F)F. The predicted octanol–water partition coefficient (Wildman–Crippen LogP) is 2.76. The van der Waals surface area contributed by atoms with Crippen LogP contribution in [0.3, 0.4) is 0 Å². The molecule has 0 unspecified atom stereocenters. The van der Waals surface area contributed by atoms with Crippen molar-refractivity contribution in [2.45, 2.75) is 6.92 Å². The van der Waals surface area contributed by atoms with Crippen molar-refractivity contribution < 1.29 is 17.7 Å². The predicted molar refractivity (Wildman–Crippen MR) is 40.7 cm³/mol. The van der Waals surface area contributed by atoms with Crippen molar-refractivity contribution in [2.75, 3.05) is 19.8 Å². The highest BCUT2D eigenvalue weighted by molar-refractivity contribution is 7.40. The van der Waals surface area contributed by atoms with Gasteiger partial charge in [0.25, 0.3) is 0 Å². The monoisotopic (exact) mass is 184 g/mol. The summed E-state index contributed by atoms with van der Waals surface area (Å²) >= 11 is 0. The van der Waals surface area contributed by atoms with Gasteiger partial charge in [0, 0.05) is 0 Å². The molecule has 0 aromatic heterocycles. The summed E-state index contributed by atoms with van der Waals surface area (Å²) in [5.41, 5.74) is 0. The second kappa shape index (κ2) is 8.05. The van der Waals surface area contributed by atoms with E-state index in [1.54, 1.807) is 6.08 Å². The molecule has 5 heteroatoms. The smallest absolute Gasteiger partial charge is 0.375 e. The summed E-state index contributed by atoms with van der Waals surface area (Å²) in [7, 11) is -3.22. The highest BCUT2D eigenvalue weighted by Gasteiger charge is 2.02. The number of halogens is 2. The van der Waals surface area contributed by atoms with E-state index in [1.807, 2.05) is 13.0 Å². The molecule has 0 radical (unpaired) electrons. The molecule has 0 N–H and O–H groups in total. The molecule has 0 aliphatic heterocycles. The van der Waals surface area contributed by atoms with Crippen molar-refractivity contribution in [1.82, 2.24) is 0 Å². The molecule has 0 amide bonds. The summed E-state index contributed by atoms with van der Waals surface area (Å²) in [5.74, 6) is 0. The summed E-state index contributed by atoms with van der Waals surface area (Å²) < 4.78 is 31.7. The van der Waals surface area contributed by atoms with Crippen LogP contribution in [0.1, 0.15) is 6.92 Å². The van der Waals surface area contributed by atoms with Gasteiger partial charge in [-0.1, -0.05) is 12.2 Å². The fourth-order valence-electron chi connectivity index (χ4n) is 0.413. The second-order valence-electron chi connectivity index (χ2n) is 1.68. The number of allylic oxidation sites excluding steroid dienone is 1. The maximum absolute atomic E-state index is 11.4. The Balaban J connectivity index is 2.91. The van der Waals surface area contributed by atoms with E-state index in [0.717, 1.165) is 0 Å². The van der Waals surface area contributed by atoms with Gasteiger partial charge in [-0.05, 0) is 6.92 Å². The van der Waals surface area contributed by atoms with Crippen LogP contribution in [-0.4, -0.2) is 19.8 Å². The minimum Gasteiger partial charge on any atom is -0.375 e. The van der Waals surface area contributed by atoms with Gasteiger partial charge in [-0.15, -0.1) is 0 Å². The van der Waals surface area contributed by atoms with Crippen LogP contribution in [0, 0.1) is 0 Å². The van der Waals surface area contributed by atoms with Crippen molar-refractivity contribution >= 4 is 8.77 Å². The van der Waals surface area contributed by atoms with Gasteiger partial charge in [0.05, 0.1) is 19.8 Å². The maximum Gasteiger partial charge on any atom is 0.415 e. The van der Waals surface area contributed by atoms with Gasteiger partial charge in [-0.2, -0.15) is 8.39 Å². The zero-order valence-corrected chi connectivity index (χ0v) is 7.19. The van der Waals surface area contributed by atoms with E-state index in [4.69, 9.17) is 4.74 Å². The third-order valence-corrected chi connectivity index (χ3v) is 1.24. The average Bonchev–Trinajstić information content (AvgIpc) is 1.96. The van der Waals surface area contributed by atoms with Gasteiger partial charge in [0.2, 0.25) is 0 Å². The van der Waals surface area contributed by atoms with E-state index in [9.17, 15) is 8.39 Å². The Labute approximate surface area is 66.3 Å². The Morgan fingerprint density at radius 1 is 1.36 bits per heavy atom. The van der Waals surface area contributed by atoms with Gasteiger partial charge in [-0.3, -0.25) is 0 Å². The Bertz CT molecular complexity index is 109. The van der Waals surface area contributed by atoms with Crippen LogP contribution in [0.2, 0.25) is 0 Å². The molecule has 0 bridgehead atoms. The summed E-state index contributed by atoms with van der Waals surface area (Å²) in [4.78, 5) is 0. The van der Waals surface area contributed by atoms with Gasteiger partial charge < -0.3 is 9.26 Å². The molecular weight excluding hydrogens is 173 g/mol. The zero-order chi connectivity index (χ0) is 8.53. The van der Waals surface area contributed by atoms with Crippen molar-refractivity contribution in [3.05, 3.63) is 12.2 Å². The minimum absolute atomic E-state index is 0.0315. The highest BCUT2D eigenvalue weighted by Crippen LogP contribution is 2.39. The fraction of sp³-hybridized carbons (Fsp3) is 0.667. The van der Waals surface area contributed by atoms with Crippen LogP contribution in [-0.2, 0) is 9.26 Å². The van der Waals surface area contributed by atoms with Crippen LogP contribution < -0.4 is 0 Å². The van der Waals surface area contributed by atoms with Crippen LogP contribution in [0.5, 0.6) is 0 Å². The molecule has 66 valence electrons. The molecule has 0 aliphatic carbocycles. The van der Waals surface area contributed by atoms with Gasteiger partial charge >= 0.3 is 8.77 Å². The Morgan fingerprint density at radius 2 is 2.09 bits per heavy atom. The topological polar surface area (TPSA) is 18.5 Å². The zero-order valence-electron chi connectivity index (χ0n) is 6.30. The van der Waals surface area contributed by atoms with Crippen molar-refractivity contribution in [3.63, 3.8) is 0 Å². The fourth-order valence-corrected chi connectivity index (χ4v) is 0.625. The first-order valence-electron chi connectivity index (χ1n) is 3.21. The summed E-state index contributed by atoms with van der Waals surface area (Å²) in [6.45, 7) is 2.51. The Kier molecular flexibility index (Phi) is 8.01. The molecule has 0 saturated carbocycles. The average molecular weight is 184 g/mol. The molecule has 0 aliphatic rings. The Morgan fingerprint density at radius 3 is 2.64 bits per heavy atom. The lowest BCUT2D eigenvalue weighted by Crippen LogP contribution is -2.00. The van der Waals surface area contributed by atoms with Gasteiger partial charge in [0.1, 0.15) is 0 Å². The normalized spacial score (nSPS) is 11.6. The lowest BCUT2D eigenvalue weighted by molar-refractivity contribution is 0.120. The van der Waals surface area contributed by atoms with Crippen LogP contribution in [0.15, 0.2) is 12.2 Å². The van der Waals surface area contributed by atoms with Gasteiger partial charge in [-0.25, -0.2) is 0 Å². The van der Waals surface area contributed by atoms with E-state index in [0.29, 0.717) is 6.61 Å². The van der Waals surface area contributed by atoms with Crippen molar-refractivity contribution in [1.29, 1.82) is 0 Å². The first-order valence-corrected chi connectivity index (χ1v) is 4.25. The third-order valence-electron chi connectivity index (χ3n) is 0.866. The van der Waals surface area contributed by atoms with Crippen LogP contribution >= 0.6 is 8.77 Å². The summed E-state index contributed by atoms with van der Waals surface area (Å²) in [6, 6.07) is 0. The quantitative estimate of drug-likeness (QED) is 0.359.